The average molecular weight is 860 g/mol. The first-order valence-electron chi connectivity index (χ1n) is 15.3. The van der Waals surface area contributed by atoms with Crippen molar-refractivity contribution in [3.05, 3.63) is 172 Å². The van der Waals surface area contributed by atoms with Crippen molar-refractivity contribution in [2.45, 2.75) is 50.2 Å². The van der Waals surface area contributed by atoms with Crippen LogP contribution < -0.4 is 0 Å². The van der Waals surface area contributed by atoms with Crippen LogP contribution in [0.1, 0.15) is 73.0 Å². The molecule has 50 heavy (non-hydrogen) atoms. The van der Waals surface area contributed by atoms with E-state index in [1.807, 2.05) is 13.8 Å². The molecule has 1 radical (unpaired) electrons. The van der Waals surface area contributed by atoms with Gasteiger partial charge in [0.25, 0.3) is 0 Å². The molecule has 0 aliphatic carbocycles. The van der Waals surface area contributed by atoms with Gasteiger partial charge in [-0.2, -0.15) is 25.3 Å². The zero-order valence-corrected chi connectivity index (χ0v) is 29.6. The van der Waals surface area contributed by atoms with Crippen molar-refractivity contribution in [2.24, 2.45) is 0 Å². The van der Waals surface area contributed by atoms with Crippen molar-refractivity contribution in [3.63, 3.8) is 0 Å². The number of benzene rings is 2. The normalized spacial score (nSPS) is 14.3. The number of aromatic nitrogens is 5. The summed E-state index contributed by atoms with van der Waals surface area (Å²) in [5.41, 5.74) is -2.36. The number of nitrogens with zero attached hydrogens (tertiary/aromatic N) is 5. The monoisotopic (exact) mass is 860 g/mol. The van der Waals surface area contributed by atoms with Gasteiger partial charge >= 0.3 is 6.18 Å². The Bertz CT molecular complexity index is 2140. The van der Waals surface area contributed by atoms with E-state index in [0.717, 1.165) is 22.9 Å². The van der Waals surface area contributed by atoms with Gasteiger partial charge in [0.2, 0.25) is 0 Å². The molecule has 0 saturated heterocycles. The van der Waals surface area contributed by atoms with Crippen LogP contribution >= 0.6 is 0 Å². The van der Waals surface area contributed by atoms with E-state index in [0.29, 0.717) is 22.8 Å². The number of halogens is 5. The van der Waals surface area contributed by atoms with E-state index in [2.05, 4.69) is 22.3 Å². The molecule has 1 N–H and O–H groups in total. The number of phenols is 1. The van der Waals surface area contributed by atoms with Crippen molar-refractivity contribution in [3.8, 4) is 5.75 Å². The van der Waals surface area contributed by atoms with Crippen LogP contribution in [-0.2, 0) is 42.7 Å². The molecule has 6 aromatic rings. The van der Waals surface area contributed by atoms with Gasteiger partial charge in [-0.05, 0) is 70.2 Å². The van der Waals surface area contributed by atoms with Crippen molar-refractivity contribution < 1.29 is 47.2 Å². The third-order valence-electron chi connectivity index (χ3n) is 9.00. The van der Waals surface area contributed by atoms with Crippen LogP contribution in [0.4, 0.5) is 22.0 Å². The number of pyridine rings is 3. The molecule has 2 unspecified atom stereocenters. The molecule has 259 valence electrons. The molecule has 0 aliphatic heterocycles. The Labute approximate surface area is 299 Å². The number of hydrogen-bond donors (Lipinski definition) is 1. The molecule has 0 bridgehead atoms. The quantitative estimate of drug-likeness (QED) is 0.124. The summed E-state index contributed by atoms with van der Waals surface area (Å²) in [7, 11) is 0. The molecule has 0 fully saturated rings. The predicted molar refractivity (Wildman–Crippen MR) is 172 cm³/mol. The largest absolute Gasteiger partial charge is 0.508 e. The molecule has 0 saturated carbocycles. The molecule has 0 aliphatic rings. The Kier molecular flexibility index (Phi) is 9.84. The number of aromatic hydroxyl groups is 1. The van der Waals surface area contributed by atoms with Crippen LogP contribution in [-0.4, -0.2) is 29.8 Å². The Balaban J connectivity index is 0.00000486. The summed E-state index contributed by atoms with van der Waals surface area (Å²) < 4.78 is 71.4. The summed E-state index contributed by atoms with van der Waals surface area (Å²) >= 11 is 0. The first-order valence-corrected chi connectivity index (χ1v) is 15.3. The number of alkyl halides is 3. The Morgan fingerprint density at radius 3 is 1.90 bits per heavy atom. The maximum atomic E-state index is 15.4. The predicted octanol–water partition coefficient (Wildman–Crippen LogP) is 8.16. The van der Waals surface area contributed by atoms with Crippen LogP contribution in [0, 0.1) is 23.9 Å². The molecule has 12 heteroatoms. The van der Waals surface area contributed by atoms with E-state index in [4.69, 9.17) is 9.97 Å². The third kappa shape index (κ3) is 6.33. The first kappa shape index (κ1) is 36.5. The molecular formula is C38H30F5IrN5O-2. The standard InChI is InChI=1S/C38H30F5N5O.Ir/c1-35(2,29-14-9-16-32(45-29)36(3,31-13-7-8-21-44-31)25-19-18-24(39)23-27(25)40)30-15-10-17-33(46-30)37(4,26-11-5-6-12-28(26)49)48-22-20-34(47-48)38(41,42)43;/h5-18,20-21,23,49H,1-4H3;/q-2;. The summed E-state index contributed by atoms with van der Waals surface area (Å²) in [6.07, 6.45) is -0.547. The maximum absolute atomic E-state index is 15.4. The number of rotatable bonds is 8. The van der Waals surface area contributed by atoms with Crippen LogP contribution in [0.3, 0.4) is 0 Å². The summed E-state index contributed by atoms with van der Waals surface area (Å²) in [6.45, 7) is 7.11. The summed E-state index contributed by atoms with van der Waals surface area (Å²) in [5, 5.41) is 14.7. The fourth-order valence-corrected chi connectivity index (χ4v) is 6.02. The topological polar surface area (TPSA) is 76.7 Å². The molecule has 2 aromatic carbocycles. The Morgan fingerprint density at radius 1 is 0.700 bits per heavy atom. The molecule has 2 atom stereocenters. The van der Waals surface area contributed by atoms with E-state index in [1.165, 1.54) is 6.07 Å². The minimum absolute atomic E-state index is 0. The van der Waals surface area contributed by atoms with Crippen LogP contribution in [0.5, 0.6) is 5.75 Å². The second-order valence-electron chi connectivity index (χ2n) is 12.5. The number of hydrogen-bond acceptors (Lipinski definition) is 5. The fraction of sp³-hybridized carbons (Fsp3) is 0.211. The maximum Gasteiger partial charge on any atom is 0.366 e. The van der Waals surface area contributed by atoms with Crippen molar-refractivity contribution in [2.75, 3.05) is 0 Å². The second-order valence-corrected chi connectivity index (χ2v) is 12.5. The van der Waals surface area contributed by atoms with Gasteiger partial charge in [-0.25, -0.2) is 0 Å². The smallest absolute Gasteiger partial charge is 0.366 e. The summed E-state index contributed by atoms with van der Waals surface area (Å²) in [6, 6.07) is 27.3. The fourth-order valence-electron chi connectivity index (χ4n) is 6.02. The summed E-state index contributed by atoms with van der Waals surface area (Å²) in [5.74, 6) is -1.74. The minimum atomic E-state index is -4.71. The van der Waals surface area contributed by atoms with Gasteiger partial charge < -0.3 is 9.79 Å². The second kappa shape index (κ2) is 13.5. The zero-order valence-electron chi connectivity index (χ0n) is 27.2. The minimum Gasteiger partial charge on any atom is -0.508 e. The third-order valence-corrected chi connectivity index (χ3v) is 9.00. The van der Waals surface area contributed by atoms with Gasteiger partial charge in [-0.15, -0.1) is 23.9 Å². The molecule has 6 rings (SSSR count). The van der Waals surface area contributed by atoms with E-state index >= 15 is 4.39 Å². The van der Waals surface area contributed by atoms with Crippen LogP contribution in [0.15, 0.2) is 103 Å². The van der Waals surface area contributed by atoms with E-state index in [-0.39, 0.29) is 42.7 Å². The molecule has 4 heterocycles. The molecule has 6 nitrogen and oxygen atoms in total. The van der Waals surface area contributed by atoms with Crippen LogP contribution in [0.25, 0.3) is 0 Å². The van der Waals surface area contributed by atoms with E-state index in [1.54, 1.807) is 92.8 Å². The number of para-hydroxylation sites is 1. The van der Waals surface area contributed by atoms with E-state index < -0.39 is 39.9 Å². The number of phenolic OH excluding ortho intramolecular Hbond substituents is 1. The molecule has 4 aromatic heterocycles. The van der Waals surface area contributed by atoms with Gasteiger partial charge in [-0.3, -0.25) is 28.8 Å². The van der Waals surface area contributed by atoms with Gasteiger partial charge in [0, 0.05) is 54.6 Å². The van der Waals surface area contributed by atoms with Crippen LogP contribution in [0.2, 0.25) is 0 Å². The van der Waals surface area contributed by atoms with Gasteiger partial charge in [-0.1, -0.05) is 36.4 Å². The molecule has 0 amide bonds. The first-order chi connectivity index (χ1) is 23.2. The van der Waals surface area contributed by atoms with Crippen molar-refractivity contribution in [1.82, 2.24) is 24.7 Å². The van der Waals surface area contributed by atoms with E-state index in [9.17, 15) is 22.7 Å². The Hall–Kier alpha value is -4.80. The van der Waals surface area contributed by atoms with Gasteiger partial charge in [0.1, 0.15) is 11.3 Å². The average Bonchev–Trinajstić information content (AvgIpc) is 3.61. The van der Waals surface area contributed by atoms with Crippen molar-refractivity contribution in [1.29, 1.82) is 0 Å². The van der Waals surface area contributed by atoms with Gasteiger partial charge in [0.15, 0.2) is 0 Å². The summed E-state index contributed by atoms with van der Waals surface area (Å²) in [4.78, 5) is 14.5. The molecular weight excluding hydrogens is 830 g/mol. The Morgan fingerprint density at radius 2 is 1.30 bits per heavy atom. The van der Waals surface area contributed by atoms with Gasteiger partial charge in [0.05, 0.1) is 33.9 Å². The SMILES string of the molecule is CC(C)(c1cccc(C(C)(c2ccccn2)c2[c-]cc(F)cc2F)n1)c1cccc(C(C)(c2ccccc2O)n2[c-]cc(C(F)(F)F)n2)n1.[Ir]. The van der Waals surface area contributed by atoms with Crippen molar-refractivity contribution >= 4 is 0 Å². The zero-order chi connectivity index (χ0) is 35.2. The molecule has 0 spiro atoms.